The number of aromatic amines is 1. The third-order valence-electron chi connectivity index (χ3n) is 4.77. The van der Waals surface area contributed by atoms with E-state index >= 15 is 0 Å². The minimum Gasteiger partial charge on any atom is -0.465 e. The van der Waals surface area contributed by atoms with Crippen LogP contribution in [0, 0.1) is 13.8 Å². The van der Waals surface area contributed by atoms with Crippen LogP contribution in [0.25, 0.3) is 0 Å². The minimum atomic E-state index is -3.51. The van der Waals surface area contributed by atoms with Crippen LogP contribution in [0.4, 0.5) is 0 Å². The third kappa shape index (κ3) is 4.68. The first-order valence-electron chi connectivity index (χ1n) is 9.32. The highest BCUT2D eigenvalue weighted by molar-refractivity contribution is 7.89. The number of amides is 1. The van der Waals surface area contributed by atoms with Gasteiger partial charge in [-0.15, -0.1) is 0 Å². The van der Waals surface area contributed by atoms with E-state index in [1.807, 2.05) is 0 Å². The molecule has 0 fully saturated rings. The Morgan fingerprint density at radius 2 is 1.69 bits per heavy atom. The van der Waals surface area contributed by atoms with Gasteiger partial charge in [-0.25, -0.2) is 13.2 Å². The van der Waals surface area contributed by atoms with Crippen molar-refractivity contribution in [2.24, 2.45) is 0 Å². The number of rotatable bonds is 8. The van der Waals surface area contributed by atoms with Gasteiger partial charge in [0.2, 0.25) is 10.0 Å². The first-order valence-corrected chi connectivity index (χ1v) is 10.8. The fourth-order valence-electron chi connectivity index (χ4n) is 3.15. The van der Waals surface area contributed by atoms with E-state index in [0.29, 0.717) is 35.6 Å². The molecule has 2 rings (SSSR count). The van der Waals surface area contributed by atoms with Crippen LogP contribution in [-0.2, 0) is 21.3 Å². The van der Waals surface area contributed by atoms with Gasteiger partial charge in [0.1, 0.15) is 5.69 Å². The Hall–Kier alpha value is -2.65. The number of esters is 1. The molecule has 0 radical (unpaired) electrons. The van der Waals surface area contributed by atoms with Crippen LogP contribution >= 0.6 is 0 Å². The Morgan fingerprint density at radius 3 is 2.21 bits per heavy atom. The number of carbonyl (C=O) groups is 2. The van der Waals surface area contributed by atoms with Crippen molar-refractivity contribution in [2.75, 3.05) is 20.2 Å². The van der Waals surface area contributed by atoms with Crippen LogP contribution < -0.4 is 5.32 Å². The van der Waals surface area contributed by atoms with Gasteiger partial charge < -0.3 is 15.0 Å². The summed E-state index contributed by atoms with van der Waals surface area (Å²) in [4.78, 5) is 27.5. The van der Waals surface area contributed by atoms with Crippen molar-refractivity contribution >= 4 is 21.9 Å². The normalized spacial score (nSPS) is 11.5. The highest BCUT2D eigenvalue weighted by Crippen LogP contribution is 2.19. The molecule has 8 nitrogen and oxygen atoms in total. The zero-order chi connectivity index (χ0) is 21.8. The summed E-state index contributed by atoms with van der Waals surface area (Å²) < 4.78 is 31.2. The second kappa shape index (κ2) is 9.23. The molecule has 2 N–H and O–H groups in total. The quantitative estimate of drug-likeness (QED) is 0.636. The SMILES string of the molecule is CCN(CC)S(=O)(=O)c1ccc(CNC(=O)c2[nH]c(C)c(C(=O)OC)c2C)cc1. The number of H-pyrrole nitrogens is 1. The van der Waals surface area contributed by atoms with E-state index in [0.717, 1.165) is 5.56 Å². The maximum atomic E-state index is 12.5. The molecule has 1 aromatic heterocycles. The van der Waals surface area contributed by atoms with Crippen LogP contribution in [0.1, 0.15) is 51.5 Å². The van der Waals surface area contributed by atoms with Crippen LogP contribution in [0.2, 0.25) is 0 Å². The van der Waals surface area contributed by atoms with E-state index < -0.39 is 16.0 Å². The molecule has 0 aliphatic carbocycles. The lowest BCUT2D eigenvalue weighted by molar-refractivity contribution is 0.0599. The molecule has 0 bridgehead atoms. The molecule has 0 aliphatic rings. The van der Waals surface area contributed by atoms with Gasteiger partial charge in [-0.3, -0.25) is 4.79 Å². The second-order valence-corrected chi connectivity index (χ2v) is 8.47. The van der Waals surface area contributed by atoms with E-state index in [-0.39, 0.29) is 17.3 Å². The van der Waals surface area contributed by atoms with Gasteiger partial charge in [0.25, 0.3) is 5.91 Å². The van der Waals surface area contributed by atoms with Gasteiger partial charge in [-0.05, 0) is 37.1 Å². The van der Waals surface area contributed by atoms with E-state index in [9.17, 15) is 18.0 Å². The lowest BCUT2D eigenvalue weighted by Gasteiger charge is -2.18. The maximum absolute atomic E-state index is 12.5. The van der Waals surface area contributed by atoms with E-state index in [2.05, 4.69) is 10.3 Å². The van der Waals surface area contributed by atoms with E-state index in [1.54, 1.807) is 39.8 Å². The van der Waals surface area contributed by atoms with Gasteiger partial charge in [-0.2, -0.15) is 4.31 Å². The number of methoxy groups -OCH3 is 1. The predicted octanol–water partition coefficient (Wildman–Crippen LogP) is 2.38. The van der Waals surface area contributed by atoms with Crippen LogP contribution in [0.3, 0.4) is 0 Å². The van der Waals surface area contributed by atoms with Crippen molar-refractivity contribution in [1.82, 2.24) is 14.6 Å². The fraction of sp³-hybridized carbons (Fsp3) is 0.400. The summed E-state index contributed by atoms with van der Waals surface area (Å²) in [6, 6.07) is 6.41. The second-order valence-electron chi connectivity index (χ2n) is 6.53. The van der Waals surface area contributed by atoms with Gasteiger partial charge in [0, 0.05) is 25.3 Å². The third-order valence-corrected chi connectivity index (χ3v) is 6.84. The molecule has 1 amide bonds. The summed E-state index contributed by atoms with van der Waals surface area (Å²) in [5.41, 5.74) is 2.48. The van der Waals surface area contributed by atoms with Crippen molar-refractivity contribution in [2.45, 2.75) is 39.1 Å². The average molecular weight is 422 g/mol. The summed E-state index contributed by atoms with van der Waals surface area (Å²) in [6.07, 6.45) is 0. The average Bonchev–Trinajstić information content (AvgIpc) is 3.00. The van der Waals surface area contributed by atoms with E-state index in [1.165, 1.54) is 23.5 Å². The van der Waals surface area contributed by atoms with Crippen molar-refractivity contribution in [1.29, 1.82) is 0 Å². The highest BCUT2D eigenvalue weighted by Gasteiger charge is 2.23. The number of benzene rings is 1. The number of hydrogen-bond donors (Lipinski definition) is 2. The summed E-state index contributed by atoms with van der Waals surface area (Å²) in [6.45, 7) is 7.98. The molecule has 2 aromatic rings. The van der Waals surface area contributed by atoms with Gasteiger partial charge >= 0.3 is 5.97 Å². The summed E-state index contributed by atoms with van der Waals surface area (Å²) in [7, 11) is -2.22. The first kappa shape index (κ1) is 22.6. The Labute approximate surface area is 171 Å². The molecule has 0 aliphatic heterocycles. The van der Waals surface area contributed by atoms with Crippen LogP contribution in [-0.4, -0.2) is 49.8 Å². The number of nitrogens with one attached hydrogen (secondary N) is 2. The van der Waals surface area contributed by atoms with Gasteiger partial charge in [0.15, 0.2) is 0 Å². The first-order chi connectivity index (χ1) is 13.7. The smallest absolute Gasteiger partial charge is 0.339 e. The Bertz CT molecular complexity index is 990. The molecular weight excluding hydrogens is 394 g/mol. The summed E-state index contributed by atoms with van der Waals surface area (Å²) in [5.74, 6) is -0.860. The van der Waals surface area contributed by atoms with Crippen molar-refractivity contribution < 1.29 is 22.7 Å². The molecule has 1 aromatic carbocycles. The van der Waals surface area contributed by atoms with Crippen LogP contribution in [0.15, 0.2) is 29.2 Å². The summed E-state index contributed by atoms with van der Waals surface area (Å²) >= 11 is 0. The van der Waals surface area contributed by atoms with Gasteiger partial charge in [0.05, 0.1) is 17.6 Å². The molecule has 0 spiro atoms. The Balaban J connectivity index is 2.11. The topological polar surface area (TPSA) is 109 Å². The molecule has 1 heterocycles. The number of nitrogens with zero attached hydrogens (tertiary/aromatic N) is 1. The number of aryl methyl sites for hydroxylation is 1. The van der Waals surface area contributed by atoms with Crippen molar-refractivity contribution in [3.8, 4) is 0 Å². The predicted molar refractivity (Wildman–Crippen MR) is 109 cm³/mol. The Morgan fingerprint density at radius 1 is 1.10 bits per heavy atom. The highest BCUT2D eigenvalue weighted by atomic mass is 32.2. The number of hydrogen-bond acceptors (Lipinski definition) is 5. The lowest BCUT2D eigenvalue weighted by Crippen LogP contribution is -2.30. The lowest BCUT2D eigenvalue weighted by atomic mass is 10.1. The molecule has 29 heavy (non-hydrogen) atoms. The zero-order valence-electron chi connectivity index (χ0n) is 17.3. The molecule has 0 saturated carbocycles. The molecule has 0 atom stereocenters. The number of sulfonamides is 1. The summed E-state index contributed by atoms with van der Waals surface area (Å²) in [5, 5.41) is 2.77. The number of carbonyl (C=O) groups excluding carboxylic acids is 2. The number of ether oxygens (including phenoxy) is 1. The molecule has 0 unspecified atom stereocenters. The van der Waals surface area contributed by atoms with E-state index in [4.69, 9.17) is 4.74 Å². The standard InChI is InChI=1S/C20H27N3O5S/c1-6-23(7-2)29(26,27)16-10-8-15(9-11-16)12-21-19(24)18-13(3)17(14(4)22-18)20(25)28-5/h8-11,22H,6-7,12H2,1-5H3,(H,21,24). The van der Waals surface area contributed by atoms with Crippen molar-refractivity contribution in [3.05, 3.63) is 52.3 Å². The molecular formula is C20H27N3O5S. The largest absolute Gasteiger partial charge is 0.465 e. The zero-order valence-corrected chi connectivity index (χ0v) is 18.1. The number of aromatic nitrogens is 1. The van der Waals surface area contributed by atoms with Crippen molar-refractivity contribution in [3.63, 3.8) is 0 Å². The fourth-order valence-corrected chi connectivity index (χ4v) is 4.61. The Kier molecular flexibility index (Phi) is 7.21. The van der Waals surface area contributed by atoms with Crippen LogP contribution in [0.5, 0.6) is 0 Å². The minimum absolute atomic E-state index is 0.217. The molecule has 0 saturated heterocycles. The molecule has 9 heteroatoms. The maximum Gasteiger partial charge on any atom is 0.339 e. The molecule has 158 valence electrons. The van der Waals surface area contributed by atoms with Gasteiger partial charge in [-0.1, -0.05) is 26.0 Å². The monoisotopic (exact) mass is 421 g/mol.